The second kappa shape index (κ2) is 7.30. The Morgan fingerprint density at radius 1 is 1.43 bits per heavy atom. The summed E-state index contributed by atoms with van der Waals surface area (Å²) in [7, 11) is -0.515. The summed E-state index contributed by atoms with van der Waals surface area (Å²) in [5.74, 6) is 0. The number of thiocarbonyl (C=S) groups is 1. The number of sulfonamides is 1. The minimum atomic E-state index is -3.47. The smallest absolute Gasteiger partial charge is 0.242 e. The lowest BCUT2D eigenvalue weighted by atomic mass is 10.3. The maximum Gasteiger partial charge on any atom is 0.242 e. The second-order valence-corrected chi connectivity index (χ2v) is 7.05. The number of benzene rings is 1. The average molecular weight is 326 g/mol. The van der Waals surface area contributed by atoms with E-state index in [0.29, 0.717) is 5.69 Å². The number of hydrazone groups is 1. The molecule has 114 valence electrons. The van der Waals surface area contributed by atoms with Crippen LogP contribution in [-0.4, -0.2) is 38.1 Å². The summed E-state index contributed by atoms with van der Waals surface area (Å²) < 4.78 is 25.2. The number of allylic oxidation sites excluding steroid dienone is 1. The number of hydrogen-bond acceptors (Lipinski definition) is 4. The van der Waals surface area contributed by atoms with Crippen molar-refractivity contribution in [3.05, 3.63) is 36.4 Å². The van der Waals surface area contributed by atoms with Crippen LogP contribution in [0.15, 0.2) is 46.4 Å². The van der Waals surface area contributed by atoms with E-state index in [2.05, 4.69) is 22.4 Å². The SMILES string of the molecule is C=C(C)/C=N\NC(=S)Nc1cccc(S(=O)(=O)N(C)C)c1. The summed E-state index contributed by atoms with van der Waals surface area (Å²) in [5, 5.41) is 6.98. The molecule has 6 nitrogen and oxygen atoms in total. The molecule has 1 aromatic rings. The molecule has 8 heteroatoms. The molecule has 0 aromatic heterocycles. The summed E-state index contributed by atoms with van der Waals surface area (Å²) in [6, 6.07) is 6.38. The Balaban J connectivity index is 2.83. The minimum Gasteiger partial charge on any atom is -0.331 e. The van der Waals surface area contributed by atoms with E-state index in [0.717, 1.165) is 9.88 Å². The molecule has 0 radical (unpaired) electrons. The Morgan fingerprint density at radius 2 is 2.10 bits per heavy atom. The highest BCUT2D eigenvalue weighted by Crippen LogP contribution is 2.17. The third-order valence-corrected chi connectivity index (χ3v) is 4.33. The highest BCUT2D eigenvalue weighted by atomic mass is 32.2. The Hall–Kier alpha value is -1.77. The zero-order valence-corrected chi connectivity index (χ0v) is 13.8. The van der Waals surface area contributed by atoms with Crippen LogP contribution in [0.5, 0.6) is 0 Å². The molecule has 1 rings (SSSR count). The summed E-state index contributed by atoms with van der Waals surface area (Å²) in [5.41, 5.74) is 3.95. The van der Waals surface area contributed by atoms with Gasteiger partial charge in [0, 0.05) is 26.0 Å². The molecule has 21 heavy (non-hydrogen) atoms. The quantitative estimate of drug-likeness (QED) is 0.490. The van der Waals surface area contributed by atoms with Crippen LogP contribution in [-0.2, 0) is 10.0 Å². The summed E-state index contributed by atoms with van der Waals surface area (Å²) in [6.45, 7) is 5.47. The van der Waals surface area contributed by atoms with Gasteiger partial charge in [-0.15, -0.1) is 0 Å². The van der Waals surface area contributed by atoms with Crippen LogP contribution >= 0.6 is 12.2 Å². The van der Waals surface area contributed by atoms with Gasteiger partial charge in [0.05, 0.1) is 4.90 Å². The van der Waals surface area contributed by atoms with Crippen molar-refractivity contribution in [3.63, 3.8) is 0 Å². The van der Waals surface area contributed by atoms with Crippen LogP contribution < -0.4 is 10.7 Å². The van der Waals surface area contributed by atoms with Crippen molar-refractivity contribution in [2.75, 3.05) is 19.4 Å². The Bertz CT molecular complexity index is 667. The minimum absolute atomic E-state index is 0.186. The van der Waals surface area contributed by atoms with Gasteiger partial charge in [0.25, 0.3) is 0 Å². The summed E-state index contributed by atoms with van der Waals surface area (Å²) >= 11 is 5.05. The van der Waals surface area contributed by atoms with Gasteiger partial charge in [0.1, 0.15) is 0 Å². The first-order valence-corrected chi connectivity index (χ1v) is 7.86. The second-order valence-electron chi connectivity index (χ2n) is 4.49. The van der Waals surface area contributed by atoms with E-state index in [9.17, 15) is 8.42 Å². The molecular formula is C13H18N4O2S2. The molecule has 2 N–H and O–H groups in total. The molecule has 0 atom stereocenters. The lowest BCUT2D eigenvalue weighted by Crippen LogP contribution is -2.25. The molecular weight excluding hydrogens is 308 g/mol. The molecule has 0 aliphatic rings. The third kappa shape index (κ3) is 5.25. The first-order valence-electron chi connectivity index (χ1n) is 6.01. The predicted molar refractivity (Wildman–Crippen MR) is 90.0 cm³/mol. The largest absolute Gasteiger partial charge is 0.331 e. The highest BCUT2D eigenvalue weighted by Gasteiger charge is 2.17. The zero-order chi connectivity index (χ0) is 16.0. The van der Waals surface area contributed by atoms with Crippen LogP contribution in [0.2, 0.25) is 0 Å². The summed E-state index contributed by atoms with van der Waals surface area (Å²) in [6.07, 6.45) is 1.53. The Kier molecular flexibility index (Phi) is 6.01. The third-order valence-electron chi connectivity index (χ3n) is 2.32. The Morgan fingerprint density at radius 3 is 2.67 bits per heavy atom. The van der Waals surface area contributed by atoms with Gasteiger partial charge in [-0.2, -0.15) is 5.10 Å². The molecule has 0 spiro atoms. The number of nitrogens with one attached hydrogen (secondary N) is 2. The standard InChI is InChI=1S/C13H18N4O2S2/c1-10(2)9-14-16-13(20)15-11-6-5-7-12(8-11)21(18,19)17(3)4/h5-9H,1H2,2-4H3,(H2,15,16,20)/b14-9-. The molecule has 0 unspecified atom stereocenters. The van der Waals surface area contributed by atoms with E-state index in [1.54, 1.807) is 19.1 Å². The lowest BCUT2D eigenvalue weighted by molar-refractivity contribution is 0.521. The topological polar surface area (TPSA) is 73.8 Å². The molecule has 0 aliphatic carbocycles. The van der Waals surface area contributed by atoms with Gasteiger partial charge in [-0.05, 0) is 42.9 Å². The fraction of sp³-hybridized carbons (Fsp3) is 0.231. The maximum absolute atomic E-state index is 12.0. The van der Waals surface area contributed by atoms with Crippen LogP contribution in [0.3, 0.4) is 0 Å². The van der Waals surface area contributed by atoms with Gasteiger partial charge >= 0.3 is 0 Å². The van der Waals surface area contributed by atoms with Crippen molar-refractivity contribution in [1.82, 2.24) is 9.73 Å². The van der Waals surface area contributed by atoms with Crippen molar-refractivity contribution in [2.24, 2.45) is 5.10 Å². The van der Waals surface area contributed by atoms with Gasteiger partial charge in [0.15, 0.2) is 5.11 Å². The predicted octanol–water partition coefficient (Wildman–Crippen LogP) is 1.79. The highest BCUT2D eigenvalue weighted by molar-refractivity contribution is 7.89. The molecule has 0 saturated carbocycles. The molecule has 0 fully saturated rings. The average Bonchev–Trinajstić information content (AvgIpc) is 2.38. The van der Waals surface area contributed by atoms with E-state index in [1.165, 1.54) is 32.4 Å². The monoisotopic (exact) mass is 326 g/mol. The maximum atomic E-state index is 12.0. The summed E-state index contributed by atoms with van der Waals surface area (Å²) in [4.78, 5) is 0.186. The fourth-order valence-electron chi connectivity index (χ4n) is 1.31. The van der Waals surface area contributed by atoms with E-state index in [4.69, 9.17) is 12.2 Å². The van der Waals surface area contributed by atoms with Gasteiger partial charge < -0.3 is 5.32 Å². The molecule has 0 heterocycles. The molecule has 1 aromatic carbocycles. The first-order chi connectivity index (χ1) is 9.73. The number of anilines is 1. The van der Waals surface area contributed by atoms with Crippen molar-refractivity contribution in [1.29, 1.82) is 0 Å². The normalized spacial score (nSPS) is 11.6. The van der Waals surface area contributed by atoms with Crippen LogP contribution in [0.1, 0.15) is 6.92 Å². The number of hydrogen-bond donors (Lipinski definition) is 2. The zero-order valence-electron chi connectivity index (χ0n) is 12.1. The van der Waals surface area contributed by atoms with Crippen LogP contribution in [0.4, 0.5) is 5.69 Å². The molecule has 0 aliphatic heterocycles. The van der Waals surface area contributed by atoms with Crippen molar-refractivity contribution < 1.29 is 8.42 Å². The first kappa shape index (κ1) is 17.3. The van der Waals surface area contributed by atoms with Gasteiger partial charge in [-0.1, -0.05) is 12.6 Å². The van der Waals surface area contributed by atoms with E-state index >= 15 is 0 Å². The molecule has 0 bridgehead atoms. The number of rotatable bonds is 5. The van der Waals surface area contributed by atoms with Crippen LogP contribution in [0.25, 0.3) is 0 Å². The van der Waals surface area contributed by atoms with Gasteiger partial charge in [-0.25, -0.2) is 12.7 Å². The molecule has 0 saturated heterocycles. The lowest BCUT2D eigenvalue weighted by Gasteiger charge is -2.13. The fourth-order valence-corrected chi connectivity index (χ4v) is 2.42. The van der Waals surface area contributed by atoms with Crippen LogP contribution in [0, 0.1) is 0 Å². The van der Waals surface area contributed by atoms with E-state index in [1.807, 2.05) is 0 Å². The number of nitrogens with zero attached hydrogens (tertiary/aromatic N) is 2. The van der Waals surface area contributed by atoms with E-state index < -0.39 is 10.0 Å². The molecule has 0 amide bonds. The van der Waals surface area contributed by atoms with Crippen molar-refractivity contribution in [3.8, 4) is 0 Å². The van der Waals surface area contributed by atoms with Crippen molar-refractivity contribution in [2.45, 2.75) is 11.8 Å². The van der Waals surface area contributed by atoms with Gasteiger partial charge in [0.2, 0.25) is 10.0 Å². The Labute approximate surface area is 130 Å². The van der Waals surface area contributed by atoms with E-state index in [-0.39, 0.29) is 10.0 Å². The van der Waals surface area contributed by atoms with Crippen molar-refractivity contribution >= 4 is 39.3 Å². The van der Waals surface area contributed by atoms with Gasteiger partial charge in [-0.3, -0.25) is 5.43 Å².